The number of hydrogen-bond acceptors (Lipinski definition) is 4. The van der Waals surface area contributed by atoms with Crippen LogP contribution in [0.3, 0.4) is 0 Å². The second kappa shape index (κ2) is 5.67. The third-order valence-corrected chi connectivity index (χ3v) is 3.25. The molecule has 17 heavy (non-hydrogen) atoms. The minimum atomic E-state index is -5.22. The Bertz CT molecular complexity index is 493. The SMILES string of the molecule is O=C(NC(=C(Cl)Cl)P(=O)([O-])[O-])c1ccccc1. The van der Waals surface area contributed by atoms with E-state index in [9.17, 15) is 19.1 Å². The molecule has 5 nitrogen and oxygen atoms in total. The molecule has 0 aliphatic carbocycles. The Balaban J connectivity index is 2.96. The Morgan fingerprint density at radius 3 is 2.12 bits per heavy atom. The number of amides is 1. The smallest absolute Gasteiger partial charge is 0.255 e. The van der Waals surface area contributed by atoms with E-state index in [0.29, 0.717) is 0 Å². The molecule has 0 saturated heterocycles. The first-order valence-corrected chi connectivity index (χ1v) is 6.56. The molecule has 1 N–H and O–H groups in total. The molecule has 1 aromatic rings. The van der Waals surface area contributed by atoms with Gasteiger partial charge in [0.25, 0.3) is 5.91 Å². The number of halogens is 2. The number of hydrogen-bond donors (Lipinski definition) is 1. The van der Waals surface area contributed by atoms with Crippen molar-refractivity contribution in [2.24, 2.45) is 0 Å². The van der Waals surface area contributed by atoms with E-state index in [1.165, 1.54) is 12.1 Å². The molecule has 0 bridgehead atoms. The van der Waals surface area contributed by atoms with Gasteiger partial charge in [0.05, 0.1) is 5.44 Å². The third kappa shape index (κ3) is 4.15. The summed E-state index contributed by atoms with van der Waals surface area (Å²) < 4.78 is 9.97. The van der Waals surface area contributed by atoms with E-state index in [2.05, 4.69) is 0 Å². The van der Waals surface area contributed by atoms with Crippen LogP contribution in [0.5, 0.6) is 0 Å². The molecule has 0 spiro atoms. The third-order valence-electron chi connectivity index (χ3n) is 1.72. The number of nitrogens with one attached hydrogen (secondary N) is 1. The molecule has 0 heterocycles. The van der Waals surface area contributed by atoms with Gasteiger partial charge in [-0.05, 0) is 19.7 Å². The summed E-state index contributed by atoms with van der Waals surface area (Å²) in [5.74, 6) is -0.786. The fourth-order valence-corrected chi connectivity index (χ4v) is 2.15. The van der Waals surface area contributed by atoms with Gasteiger partial charge < -0.3 is 19.7 Å². The lowest BCUT2D eigenvalue weighted by Crippen LogP contribution is -2.29. The van der Waals surface area contributed by atoms with Gasteiger partial charge in [0, 0.05) is 5.56 Å². The predicted molar refractivity (Wildman–Crippen MR) is 60.2 cm³/mol. The molecule has 0 aromatic heterocycles. The van der Waals surface area contributed by atoms with Crippen molar-refractivity contribution < 1.29 is 19.1 Å². The molecule has 0 unspecified atom stereocenters. The van der Waals surface area contributed by atoms with Gasteiger partial charge in [-0.1, -0.05) is 41.4 Å². The topological polar surface area (TPSA) is 92.3 Å². The van der Waals surface area contributed by atoms with E-state index in [1.54, 1.807) is 18.2 Å². The van der Waals surface area contributed by atoms with Crippen LogP contribution in [-0.2, 0) is 4.57 Å². The maximum Gasteiger partial charge on any atom is 0.255 e. The maximum atomic E-state index is 11.5. The van der Waals surface area contributed by atoms with Crippen molar-refractivity contribution >= 4 is 36.7 Å². The van der Waals surface area contributed by atoms with Crippen molar-refractivity contribution in [1.82, 2.24) is 5.32 Å². The molecular formula is C9H6Cl2NO4P-2. The van der Waals surface area contributed by atoms with Crippen LogP contribution in [0.1, 0.15) is 10.4 Å². The van der Waals surface area contributed by atoms with Crippen LogP contribution in [0.15, 0.2) is 40.3 Å². The van der Waals surface area contributed by atoms with Crippen LogP contribution < -0.4 is 15.1 Å². The minimum Gasteiger partial charge on any atom is -0.806 e. The van der Waals surface area contributed by atoms with Crippen LogP contribution in [-0.4, -0.2) is 5.91 Å². The molecule has 0 aliphatic rings. The highest BCUT2D eigenvalue weighted by Gasteiger charge is 2.12. The molecule has 8 heteroatoms. The van der Waals surface area contributed by atoms with Crippen LogP contribution in [0.2, 0.25) is 0 Å². The number of carbonyl (C=O) groups is 1. The van der Waals surface area contributed by atoms with Gasteiger partial charge in [0.1, 0.15) is 4.49 Å². The van der Waals surface area contributed by atoms with E-state index in [0.717, 1.165) is 0 Å². The lowest BCUT2D eigenvalue weighted by atomic mass is 10.2. The molecule has 0 aliphatic heterocycles. The zero-order valence-electron chi connectivity index (χ0n) is 8.22. The average Bonchev–Trinajstić information content (AvgIpc) is 2.24. The van der Waals surface area contributed by atoms with E-state index >= 15 is 0 Å². The van der Waals surface area contributed by atoms with E-state index in [1.807, 2.05) is 5.32 Å². The van der Waals surface area contributed by atoms with Crippen LogP contribution >= 0.6 is 30.8 Å². The fraction of sp³-hybridized carbons (Fsp3) is 0. The van der Waals surface area contributed by atoms with Crippen molar-refractivity contribution in [3.05, 3.63) is 45.8 Å². The average molecular weight is 294 g/mol. The van der Waals surface area contributed by atoms with Gasteiger partial charge in [-0.3, -0.25) is 4.79 Å². The van der Waals surface area contributed by atoms with Crippen LogP contribution in [0.25, 0.3) is 0 Å². The van der Waals surface area contributed by atoms with Crippen LogP contribution in [0, 0.1) is 0 Å². The number of carbonyl (C=O) groups excluding carboxylic acids is 1. The van der Waals surface area contributed by atoms with E-state index < -0.39 is 23.4 Å². The normalized spacial score (nSPS) is 10.8. The first-order valence-electron chi connectivity index (χ1n) is 4.26. The molecule has 0 saturated carbocycles. The number of benzene rings is 1. The second-order valence-electron chi connectivity index (χ2n) is 2.93. The van der Waals surface area contributed by atoms with Gasteiger partial charge >= 0.3 is 0 Å². The minimum absolute atomic E-state index is 0.174. The van der Waals surface area contributed by atoms with E-state index in [-0.39, 0.29) is 5.56 Å². The summed E-state index contributed by atoms with van der Waals surface area (Å²) in [7, 11) is -5.22. The Hall–Kier alpha value is -0.840. The molecule has 0 radical (unpaired) electrons. The summed E-state index contributed by atoms with van der Waals surface area (Å²) in [5.41, 5.74) is -0.859. The largest absolute Gasteiger partial charge is 0.806 e. The summed E-state index contributed by atoms with van der Waals surface area (Å²) >= 11 is 10.4. The zero-order valence-corrected chi connectivity index (χ0v) is 10.6. The zero-order chi connectivity index (χ0) is 13.1. The summed E-state index contributed by atoms with van der Waals surface area (Å²) in [6, 6.07) is 7.71. The lowest BCUT2D eigenvalue weighted by molar-refractivity contribution is -0.310. The summed E-state index contributed by atoms with van der Waals surface area (Å²) in [5, 5.41) is 1.86. The molecule has 1 amide bonds. The van der Waals surface area contributed by atoms with Crippen molar-refractivity contribution in [3.63, 3.8) is 0 Å². The van der Waals surface area contributed by atoms with Gasteiger partial charge in [0.15, 0.2) is 0 Å². The lowest BCUT2D eigenvalue weighted by Gasteiger charge is -2.32. The molecule has 1 aromatic carbocycles. The van der Waals surface area contributed by atoms with Crippen molar-refractivity contribution in [3.8, 4) is 0 Å². The van der Waals surface area contributed by atoms with Crippen molar-refractivity contribution in [2.45, 2.75) is 0 Å². The Morgan fingerprint density at radius 1 is 1.18 bits per heavy atom. The summed E-state index contributed by atoms with van der Waals surface area (Å²) in [6.45, 7) is 0. The Labute approximate surface area is 107 Å². The highest BCUT2D eigenvalue weighted by atomic mass is 35.5. The number of rotatable bonds is 3. The van der Waals surface area contributed by atoms with Gasteiger partial charge in [0.2, 0.25) is 0 Å². The molecule has 92 valence electrons. The highest BCUT2D eigenvalue weighted by molar-refractivity contribution is 7.53. The first-order chi connectivity index (χ1) is 7.82. The van der Waals surface area contributed by atoms with Gasteiger partial charge in [-0.25, -0.2) is 0 Å². The van der Waals surface area contributed by atoms with Crippen molar-refractivity contribution in [2.75, 3.05) is 0 Å². The fourth-order valence-electron chi connectivity index (χ4n) is 0.988. The summed E-state index contributed by atoms with van der Waals surface area (Å²) in [6.07, 6.45) is 0. The maximum absolute atomic E-state index is 11.5. The Kier molecular flexibility index (Phi) is 4.74. The molecule has 0 fully saturated rings. The quantitative estimate of drug-likeness (QED) is 0.839. The molecule has 0 atom stereocenters. The molecule has 1 rings (SSSR count). The molecular weight excluding hydrogens is 288 g/mol. The van der Waals surface area contributed by atoms with Gasteiger partial charge in [-0.2, -0.15) is 0 Å². The Morgan fingerprint density at radius 2 is 1.71 bits per heavy atom. The monoisotopic (exact) mass is 293 g/mol. The van der Waals surface area contributed by atoms with Crippen LogP contribution in [0.4, 0.5) is 0 Å². The van der Waals surface area contributed by atoms with Gasteiger partial charge in [-0.15, -0.1) is 0 Å². The first kappa shape index (κ1) is 14.2. The van der Waals surface area contributed by atoms with E-state index in [4.69, 9.17) is 23.2 Å². The van der Waals surface area contributed by atoms with Crippen molar-refractivity contribution in [1.29, 1.82) is 0 Å². The second-order valence-corrected chi connectivity index (χ2v) is 5.32. The standard InChI is InChI=1S/C9H8Cl2NO4P/c10-7(11)9(17(14,15)16)12-8(13)6-4-2-1-3-5-6/h1-5H,(H,12,13)(H2,14,15,16)/p-2. The predicted octanol–water partition coefficient (Wildman–Crippen LogP) is 0.934. The summed E-state index contributed by atoms with van der Waals surface area (Å²) in [4.78, 5) is 33.1. The highest BCUT2D eigenvalue weighted by Crippen LogP contribution is 2.38.